The summed E-state index contributed by atoms with van der Waals surface area (Å²) in [7, 11) is -3.63. The maximum atomic E-state index is 13.1. The lowest BCUT2D eigenvalue weighted by Gasteiger charge is -2.34. The molecule has 31 heavy (non-hydrogen) atoms. The summed E-state index contributed by atoms with van der Waals surface area (Å²) in [5.41, 5.74) is 7.36. The minimum absolute atomic E-state index is 0.0467. The molecule has 8 heteroatoms. The van der Waals surface area contributed by atoms with Crippen LogP contribution in [0.15, 0.2) is 65.6 Å². The van der Waals surface area contributed by atoms with Gasteiger partial charge in [-0.1, -0.05) is 36.4 Å². The molecular formula is C23H24N4O3S. The summed E-state index contributed by atoms with van der Waals surface area (Å²) >= 11 is 0. The topological polar surface area (TPSA) is 108 Å². The Balaban J connectivity index is 1.48. The number of amidine groups is 1. The highest BCUT2D eigenvalue weighted by Gasteiger charge is 2.31. The summed E-state index contributed by atoms with van der Waals surface area (Å²) < 4.78 is 27.7. The van der Waals surface area contributed by atoms with Gasteiger partial charge in [0.05, 0.1) is 4.90 Å². The Bertz CT molecular complexity index is 1280. The number of rotatable bonds is 4. The number of nitrogens with one attached hydrogen (secondary N) is 1. The normalized spacial score (nSPS) is 15.2. The first-order chi connectivity index (χ1) is 14.8. The molecule has 0 aliphatic carbocycles. The van der Waals surface area contributed by atoms with Gasteiger partial charge < -0.3 is 10.6 Å². The van der Waals surface area contributed by atoms with Crippen LogP contribution in [0.2, 0.25) is 0 Å². The lowest BCUT2D eigenvalue weighted by molar-refractivity contribution is 0.0697. The van der Waals surface area contributed by atoms with Crippen molar-refractivity contribution in [2.24, 2.45) is 5.73 Å². The van der Waals surface area contributed by atoms with Crippen LogP contribution in [0.3, 0.4) is 0 Å². The zero-order chi connectivity index (χ0) is 22.2. The minimum Gasteiger partial charge on any atom is -0.384 e. The van der Waals surface area contributed by atoms with Crippen LogP contribution in [0, 0.1) is 12.3 Å². The highest BCUT2D eigenvalue weighted by Crippen LogP contribution is 2.23. The monoisotopic (exact) mass is 436 g/mol. The standard InChI is InChI=1S/C23H24N4O3S/c1-16-14-19(22(24)25)7-9-21(16)23(28)26-10-12-27(13-11-26)31(29,30)20-8-6-17-4-2-3-5-18(17)15-20/h2-9,14-15H,10-13H2,1H3,(H3,24,25). The molecule has 3 N–H and O–H groups in total. The summed E-state index contributed by atoms with van der Waals surface area (Å²) in [6.45, 7) is 2.93. The Morgan fingerprint density at radius 2 is 1.61 bits per heavy atom. The number of sulfonamides is 1. The summed E-state index contributed by atoms with van der Waals surface area (Å²) in [6.07, 6.45) is 0. The number of fused-ring (bicyclic) bond motifs is 1. The second-order valence-corrected chi connectivity index (χ2v) is 9.59. The quantitative estimate of drug-likeness (QED) is 0.484. The molecule has 1 heterocycles. The Hall–Kier alpha value is -3.23. The highest BCUT2D eigenvalue weighted by molar-refractivity contribution is 7.89. The van der Waals surface area contributed by atoms with E-state index < -0.39 is 10.0 Å². The van der Waals surface area contributed by atoms with E-state index in [-0.39, 0.29) is 29.7 Å². The van der Waals surface area contributed by atoms with Crippen molar-refractivity contribution in [2.45, 2.75) is 11.8 Å². The number of nitrogens with two attached hydrogens (primary N) is 1. The van der Waals surface area contributed by atoms with Gasteiger partial charge in [-0.25, -0.2) is 8.42 Å². The number of carbonyl (C=O) groups is 1. The third-order valence-electron chi connectivity index (χ3n) is 5.65. The summed E-state index contributed by atoms with van der Waals surface area (Å²) in [5, 5.41) is 9.39. The number of carbonyl (C=O) groups excluding carboxylic acids is 1. The minimum atomic E-state index is -3.63. The fourth-order valence-electron chi connectivity index (χ4n) is 3.85. The van der Waals surface area contributed by atoms with Crippen LogP contribution >= 0.6 is 0 Å². The molecule has 0 radical (unpaired) electrons. The number of benzene rings is 3. The van der Waals surface area contributed by atoms with Crippen molar-refractivity contribution in [3.63, 3.8) is 0 Å². The first-order valence-corrected chi connectivity index (χ1v) is 11.4. The largest absolute Gasteiger partial charge is 0.384 e. The van der Waals surface area contributed by atoms with Crippen molar-refractivity contribution in [2.75, 3.05) is 26.2 Å². The Morgan fingerprint density at radius 3 is 2.26 bits per heavy atom. The van der Waals surface area contributed by atoms with Gasteiger partial charge in [0.2, 0.25) is 10.0 Å². The molecule has 1 saturated heterocycles. The Kier molecular flexibility index (Phi) is 5.51. The number of nitrogens with zero attached hydrogens (tertiary/aromatic N) is 2. The van der Waals surface area contributed by atoms with Crippen molar-refractivity contribution in [3.8, 4) is 0 Å². The van der Waals surface area contributed by atoms with E-state index in [1.165, 1.54) is 4.31 Å². The molecule has 1 amide bonds. The molecule has 1 aliphatic heterocycles. The number of hydrogen-bond acceptors (Lipinski definition) is 4. The summed E-state index contributed by atoms with van der Waals surface area (Å²) in [4.78, 5) is 14.9. The van der Waals surface area contributed by atoms with Crippen LogP contribution in [0.1, 0.15) is 21.5 Å². The molecule has 1 aliphatic rings. The van der Waals surface area contributed by atoms with E-state index >= 15 is 0 Å². The molecule has 0 saturated carbocycles. The molecule has 4 rings (SSSR count). The molecule has 3 aromatic carbocycles. The van der Waals surface area contributed by atoms with Crippen LogP contribution in [-0.2, 0) is 10.0 Å². The van der Waals surface area contributed by atoms with Gasteiger partial charge in [0.15, 0.2) is 0 Å². The van der Waals surface area contributed by atoms with Gasteiger partial charge in [-0.3, -0.25) is 10.2 Å². The molecule has 3 aromatic rings. The van der Waals surface area contributed by atoms with Crippen LogP contribution in [0.25, 0.3) is 10.8 Å². The number of piperazine rings is 1. The van der Waals surface area contributed by atoms with E-state index in [2.05, 4.69) is 0 Å². The van der Waals surface area contributed by atoms with Gasteiger partial charge in [-0.15, -0.1) is 0 Å². The third-order valence-corrected chi connectivity index (χ3v) is 7.55. The predicted octanol–water partition coefficient (Wildman–Crippen LogP) is 2.58. The average Bonchev–Trinajstić information content (AvgIpc) is 2.78. The average molecular weight is 437 g/mol. The Labute approximate surface area is 181 Å². The molecule has 160 valence electrons. The SMILES string of the molecule is Cc1cc(C(=N)N)ccc1C(=O)N1CCN(S(=O)(=O)c2ccc3ccccc3c2)CC1. The second kappa shape index (κ2) is 8.13. The maximum Gasteiger partial charge on any atom is 0.254 e. The van der Waals surface area contributed by atoms with Gasteiger partial charge >= 0.3 is 0 Å². The molecule has 0 unspecified atom stereocenters. The van der Waals surface area contributed by atoms with E-state index in [4.69, 9.17) is 11.1 Å². The number of aryl methyl sites for hydroxylation is 1. The van der Waals surface area contributed by atoms with E-state index in [1.54, 1.807) is 42.2 Å². The van der Waals surface area contributed by atoms with Crippen molar-refractivity contribution < 1.29 is 13.2 Å². The zero-order valence-corrected chi connectivity index (χ0v) is 18.0. The Morgan fingerprint density at radius 1 is 0.935 bits per heavy atom. The summed E-state index contributed by atoms with van der Waals surface area (Å²) in [5.74, 6) is -0.190. The zero-order valence-electron chi connectivity index (χ0n) is 17.2. The number of nitrogen functional groups attached to an aromatic ring is 1. The highest BCUT2D eigenvalue weighted by atomic mass is 32.2. The smallest absolute Gasteiger partial charge is 0.254 e. The first kappa shape index (κ1) is 21.0. The molecular weight excluding hydrogens is 412 g/mol. The van der Waals surface area contributed by atoms with Crippen molar-refractivity contribution in [1.82, 2.24) is 9.21 Å². The van der Waals surface area contributed by atoms with Crippen molar-refractivity contribution in [1.29, 1.82) is 5.41 Å². The van der Waals surface area contributed by atoms with Crippen LogP contribution in [-0.4, -0.2) is 55.5 Å². The fourth-order valence-corrected chi connectivity index (χ4v) is 5.31. The van der Waals surface area contributed by atoms with Crippen LogP contribution < -0.4 is 5.73 Å². The van der Waals surface area contributed by atoms with E-state index in [0.29, 0.717) is 24.2 Å². The van der Waals surface area contributed by atoms with Gasteiger partial charge in [0.25, 0.3) is 5.91 Å². The molecule has 0 aromatic heterocycles. The fraction of sp³-hybridized carbons (Fsp3) is 0.217. The lowest BCUT2D eigenvalue weighted by Crippen LogP contribution is -2.50. The lowest BCUT2D eigenvalue weighted by atomic mass is 10.0. The van der Waals surface area contributed by atoms with Crippen molar-refractivity contribution in [3.05, 3.63) is 77.4 Å². The second-order valence-electron chi connectivity index (χ2n) is 7.65. The third kappa shape index (κ3) is 4.04. The maximum absolute atomic E-state index is 13.1. The van der Waals surface area contributed by atoms with Crippen molar-refractivity contribution >= 4 is 32.5 Å². The molecule has 0 bridgehead atoms. The predicted molar refractivity (Wildman–Crippen MR) is 121 cm³/mol. The summed E-state index contributed by atoms with van der Waals surface area (Å²) in [6, 6.07) is 17.8. The van der Waals surface area contributed by atoms with E-state index in [0.717, 1.165) is 16.3 Å². The number of amides is 1. The molecule has 7 nitrogen and oxygen atoms in total. The van der Waals surface area contributed by atoms with Gasteiger partial charge in [0.1, 0.15) is 5.84 Å². The van der Waals surface area contributed by atoms with E-state index in [1.807, 2.05) is 30.3 Å². The molecule has 0 spiro atoms. The molecule has 1 fully saturated rings. The van der Waals surface area contributed by atoms with Crippen LogP contribution in [0.5, 0.6) is 0 Å². The molecule has 0 atom stereocenters. The van der Waals surface area contributed by atoms with Gasteiger partial charge in [-0.05, 0) is 47.5 Å². The van der Waals surface area contributed by atoms with Crippen LogP contribution in [0.4, 0.5) is 0 Å². The van der Waals surface area contributed by atoms with Gasteiger partial charge in [0, 0.05) is 37.3 Å². The van der Waals surface area contributed by atoms with E-state index in [9.17, 15) is 13.2 Å². The van der Waals surface area contributed by atoms with Gasteiger partial charge in [-0.2, -0.15) is 4.31 Å². The number of hydrogen-bond donors (Lipinski definition) is 2. The first-order valence-electron chi connectivity index (χ1n) is 10.0.